The van der Waals surface area contributed by atoms with Crippen molar-refractivity contribution >= 4 is 46.6 Å². The van der Waals surface area contributed by atoms with Gasteiger partial charge < -0.3 is 10.6 Å². The Morgan fingerprint density at radius 2 is 1.89 bits per heavy atom. The molecule has 0 spiro atoms. The number of hydrogen-bond acceptors (Lipinski definition) is 5. The van der Waals surface area contributed by atoms with Gasteiger partial charge in [0, 0.05) is 36.0 Å². The second kappa shape index (κ2) is 9.93. The van der Waals surface area contributed by atoms with Crippen LogP contribution in [0.2, 0.25) is 0 Å². The van der Waals surface area contributed by atoms with Gasteiger partial charge in [0.15, 0.2) is 5.11 Å². The highest BCUT2D eigenvalue weighted by Crippen LogP contribution is 2.14. The second-order valence-corrected chi connectivity index (χ2v) is 5.97. The molecule has 0 atom stereocenters. The Morgan fingerprint density at radius 1 is 1.18 bits per heavy atom. The van der Waals surface area contributed by atoms with E-state index in [-0.39, 0.29) is 16.7 Å². The van der Waals surface area contributed by atoms with Crippen molar-refractivity contribution in [2.24, 2.45) is 0 Å². The molecule has 0 aliphatic heterocycles. The van der Waals surface area contributed by atoms with E-state index >= 15 is 0 Å². The van der Waals surface area contributed by atoms with Crippen LogP contribution < -0.4 is 16.0 Å². The summed E-state index contributed by atoms with van der Waals surface area (Å²) in [4.78, 5) is 33.9. The first kappa shape index (κ1) is 20.7. The van der Waals surface area contributed by atoms with Gasteiger partial charge in [0.05, 0.1) is 4.92 Å². The van der Waals surface area contributed by atoms with E-state index in [0.29, 0.717) is 23.4 Å². The van der Waals surface area contributed by atoms with Crippen molar-refractivity contribution in [3.63, 3.8) is 0 Å². The topological polar surface area (TPSA) is 113 Å². The summed E-state index contributed by atoms with van der Waals surface area (Å²) < 4.78 is 0. The molecule has 0 saturated carbocycles. The lowest BCUT2D eigenvalue weighted by Crippen LogP contribution is -2.32. The van der Waals surface area contributed by atoms with Gasteiger partial charge in [0.25, 0.3) is 11.6 Å². The van der Waals surface area contributed by atoms with Crippen LogP contribution >= 0.6 is 12.2 Å². The fraction of sp³-hybridized carbons (Fsp3) is 0.105. The number of carbonyl (C=O) groups excluding carboxylic acids is 2. The number of carbonyl (C=O) groups is 2. The lowest BCUT2D eigenvalue weighted by molar-refractivity contribution is -0.384. The van der Waals surface area contributed by atoms with Crippen LogP contribution in [0.1, 0.15) is 22.8 Å². The van der Waals surface area contributed by atoms with E-state index in [1.54, 1.807) is 30.3 Å². The number of benzene rings is 2. The third-order valence-electron chi connectivity index (χ3n) is 3.49. The van der Waals surface area contributed by atoms with Crippen molar-refractivity contribution in [2.75, 3.05) is 11.9 Å². The molecule has 0 heterocycles. The van der Waals surface area contributed by atoms with E-state index in [1.165, 1.54) is 30.4 Å². The summed E-state index contributed by atoms with van der Waals surface area (Å²) in [7, 11) is 0. The molecule has 0 unspecified atom stereocenters. The van der Waals surface area contributed by atoms with Gasteiger partial charge in [-0.1, -0.05) is 12.1 Å². The molecule has 2 aromatic carbocycles. The van der Waals surface area contributed by atoms with Crippen molar-refractivity contribution in [3.05, 3.63) is 75.8 Å². The van der Waals surface area contributed by atoms with Gasteiger partial charge in [-0.05, 0) is 55.0 Å². The largest absolute Gasteiger partial charge is 0.352 e. The lowest BCUT2D eigenvalue weighted by Gasteiger charge is -2.09. The van der Waals surface area contributed by atoms with Crippen LogP contribution in [0.4, 0.5) is 11.4 Å². The quantitative estimate of drug-likeness (QED) is 0.298. The predicted molar refractivity (Wildman–Crippen MR) is 111 cm³/mol. The number of anilines is 1. The molecule has 2 aromatic rings. The van der Waals surface area contributed by atoms with E-state index in [1.807, 2.05) is 6.92 Å². The number of nitro benzene ring substituents is 1. The molecule has 0 bridgehead atoms. The fourth-order valence-corrected chi connectivity index (χ4v) is 2.42. The first-order valence-electron chi connectivity index (χ1n) is 8.32. The highest BCUT2D eigenvalue weighted by molar-refractivity contribution is 7.80. The molecule has 3 N–H and O–H groups in total. The molecule has 0 fully saturated rings. The SMILES string of the molecule is CCNC(=O)c1ccc(NC(=S)NC(=O)/C=C/c2cccc([N+](=O)[O-])c2)cc1. The lowest BCUT2D eigenvalue weighted by atomic mass is 10.2. The Labute approximate surface area is 166 Å². The van der Waals surface area contributed by atoms with Crippen molar-refractivity contribution in [3.8, 4) is 0 Å². The number of hydrogen-bond donors (Lipinski definition) is 3. The Balaban J connectivity index is 1.90. The monoisotopic (exact) mass is 398 g/mol. The van der Waals surface area contributed by atoms with Crippen LogP contribution in [-0.2, 0) is 4.79 Å². The summed E-state index contributed by atoms with van der Waals surface area (Å²) in [5, 5.41) is 18.8. The third-order valence-corrected chi connectivity index (χ3v) is 3.69. The summed E-state index contributed by atoms with van der Waals surface area (Å²) in [6, 6.07) is 12.5. The number of nitrogens with zero attached hydrogens (tertiary/aromatic N) is 1. The summed E-state index contributed by atoms with van der Waals surface area (Å²) in [6.07, 6.45) is 2.68. The minimum Gasteiger partial charge on any atom is -0.352 e. The van der Waals surface area contributed by atoms with E-state index < -0.39 is 10.8 Å². The summed E-state index contributed by atoms with van der Waals surface area (Å²) in [5.41, 5.74) is 1.59. The van der Waals surface area contributed by atoms with Gasteiger partial charge in [-0.15, -0.1) is 0 Å². The van der Waals surface area contributed by atoms with Gasteiger partial charge >= 0.3 is 0 Å². The van der Waals surface area contributed by atoms with Crippen LogP contribution in [0.15, 0.2) is 54.6 Å². The normalized spacial score (nSPS) is 10.3. The molecule has 2 amide bonds. The van der Waals surface area contributed by atoms with Gasteiger partial charge in [0.2, 0.25) is 5.91 Å². The number of nitro groups is 1. The molecule has 0 saturated heterocycles. The van der Waals surface area contributed by atoms with E-state index in [4.69, 9.17) is 12.2 Å². The van der Waals surface area contributed by atoms with Crippen molar-refractivity contribution in [1.82, 2.24) is 10.6 Å². The molecule has 8 nitrogen and oxygen atoms in total. The first-order valence-corrected chi connectivity index (χ1v) is 8.72. The van der Waals surface area contributed by atoms with Crippen LogP contribution in [0.25, 0.3) is 6.08 Å². The van der Waals surface area contributed by atoms with Gasteiger partial charge in [0.1, 0.15) is 0 Å². The summed E-state index contributed by atoms with van der Waals surface area (Å²) >= 11 is 5.08. The number of rotatable bonds is 6. The zero-order valence-corrected chi connectivity index (χ0v) is 15.8. The maximum Gasteiger partial charge on any atom is 0.270 e. The van der Waals surface area contributed by atoms with Crippen LogP contribution in [0.3, 0.4) is 0 Å². The molecule has 144 valence electrons. The maximum atomic E-state index is 11.9. The van der Waals surface area contributed by atoms with E-state index in [2.05, 4.69) is 16.0 Å². The van der Waals surface area contributed by atoms with Crippen LogP contribution in [-0.4, -0.2) is 28.4 Å². The average molecular weight is 398 g/mol. The zero-order valence-electron chi connectivity index (χ0n) is 15.0. The number of amides is 2. The van der Waals surface area contributed by atoms with E-state index in [0.717, 1.165) is 0 Å². The highest BCUT2D eigenvalue weighted by atomic mass is 32.1. The van der Waals surface area contributed by atoms with Crippen molar-refractivity contribution < 1.29 is 14.5 Å². The third kappa shape index (κ3) is 6.29. The fourth-order valence-electron chi connectivity index (χ4n) is 2.20. The number of thiocarbonyl (C=S) groups is 1. The highest BCUT2D eigenvalue weighted by Gasteiger charge is 2.06. The zero-order chi connectivity index (χ0) is 20.5. The van der Waals surface area contributed by atoms with Gasteiger partial charge in [-0.25, -0.2) is 0 Å². The van der Waals surface area contributed by atoms with Gasteiger partial charge in [-0.2, -0.15) is 0 Å². The van der Waals surface area contributed by atoms with Gasteiger partial charge in [-0.3, -0.25) is 25.0 Å². The number of non-ortho nitro benzene ring substituents is 1. The molecular formula is C19H18N4O4S. The first-order chi connectivity index (χ1) is 13.4. The van der Waals surface area contributed by atoms with Crippen molar-refractivity contribution in [1.29, 1.82) is 0 Å². The smallest absolute Gasteiger partial charge is 0.270 e. The number of nitrogens with one attached hydrogen (secondary N) is 3. The Morgan fingerprint density at radius 3 is 2.54 bits per heavy atom. The molecular weight excluding hydrogens is 380 g/mol. The molecule has 28 heavy (non-hydrogen) atoms. The Hall–Kier alpha value is -3.59. The second-order valence-electron chi connectivity index (χ2n) is 5.57. The minimum atomic E-state index is -0.506. The van der Waals surface area contributed by atoms with Crippen LogP contribution in [0, 0.1) is 10.1 Å². The molecule has 0 radical (unpaired) electrons. The van der Waals surface area contributed by atoms with E-state index in [9.17, 15) is 19.7 Å². The Bertz CT molecular complexity index is 926. The molecule has 9 heteroatoms. The molecule has 0 aliphatic carbocycles. The summed E-state index contributed by atoms with van der Waals surface area (Å²) in [6.45, 7) is 2.38. The van der Waals surface area contributed by atoms with Crippen molar-refractivity contribution in [2.45, 2.75) is 6.92 Å². The van der Waals surface area contributed by atoms with Crippen LogP contribution in [0.5, 0.6) is 0 Å². The Kier molecular flexibility index (Phi) is 7.35. The standard InChI is InChI=1S/C19H18N4O4S/c1-2-20-18(25)14-7-9-15(10-8-14)21-19(28)22-17(24)11-6-13-4-3-5-16(12-13)23(26)27/h3-12H,2H2,1H3,(H,20,25)(H2,21,22,24,28)/b11-6+. The minimum absolute atomic E-state index is 0.0594. The average Bonchev–Trinajstić information content (AvgIpc) is 2.67. The molecule has 2 rings (SSSR count). The summed E-state index contributed by atoms with van der Waals surface area (Å²) in [5.74, 6) is -0.654. The molecule has 0 aliphatic rings. The predicted octanol–water partition coefficient (Wildman–Crippen LogP) is 2.87. The molecule has 0 aromatic heterocycles. The maximum absolute atomic E-state index is 11.9.